The third-order valence-electron chi connectivity index (χ3n) is 3.88. The fraction of sp³-hybridized carbons (Fsp3) is 0.188. The van der Waals surface area contributed by atoms with Gasteiger partial charge in [0.05, 0.1) is 5.39 Å². The lowest BCUT2D eigenvalue weighted by Gasteiger charge is -2.09. The molecule has 6 nitrogen and oxygen atoms in total. The monoisotopic (exact) mass is 315 g/mol. The number of pyridine rings is 1. The van der Waals surface area contributed by atoms with Gasteiger partial charge in [-0.15, -0.1) is 0 Å². The first-order chi connectivity index (χ1) is 10.9. The molecule has 0 amide bonds. The van der Waals surface area contributed by atoms with Gasteiger partial charge >= 0.3 is 5.69 Å². The van der Waals surface area contributed by atoms with Crippen molar-refractivity contribution in [3.05, 3.63) is 78.5 Å². The van der Waals surface area contributed by atoms with Crippen LogP contribution in [0.25, 0.3) is 11.0 Å². The maximum absolute atomic E-state index is 13.8. The third kappa shape index (κ3) is 2.40. The summed E-state index contributed by atoms with van der Waals surface area (Å²) in [5.41, 5.74) is -0.712. The first kappa shape index (κ1) is 15.0. The van der Waals surface area contributed by atoms with E-state index in [1.807, 2.05) is 0 Å². The molecular formula is C16H14FN3O3. The molecular weight excluding hydrogens is 301 g/mol. The van der Waals surface area contributed by atoms with Gasteiger partial charge in [0.1, 0.15) is 11.5 Å². The second-order valence-electron chi connectivity index (χ2n) is 5.36. The highest BCUT2D eigenvalue weighted by Crippen LogP contribution is 2.12. The van der Waals surface area contributed by atoms with Crippen LogP contribution in [-0.2, 0) is 20.5 Å². The summed E-state index contributed by atoms with van der Waals surface area (Å²) in [5, 5.41) is 0.209. The predicted octanol–water partition coefficient (Wildman–Crippen LogP) is 0.655. The molecule has 7 heteroatoms. The number of hydrogen-bond acceptors (Lipinski definition) is 3. The number of nitrogens with one attached hydrogen (secondary N) is 1. The fourth-order valence-corrected chi connectivity index (χ4v) is 2.56. The summed E-state index contributed by atoms with van der Waals surface area (Å²) in [6.07, 6.45) is 0.0595. The average molecular weight is 315 g/mol. The van der Waals surface area contributed by atoms with Crippen LogP contribution >= 0.6 is 0 Å². The van der Waals surface area contributed by atoms with E-state index in [9.17, 15) is 18.8 Å². The molecule has 0 aliphatic heterocycles. The SMILES string of the molecule is Cn1c(=O)c2cc(Cc3ccccc3F)c(=O)[nH]c2n(C)c1=O. The first-order valence-electron chi connectivity index (χ1n) is 6.95. The van der Waals surface area contributed by atoms with Crippen LogP contribution in [0.3, 0.4) is 0 Å². The Bertz CT molecular complexity index is 1090. The van der Waals surface area contributed by atoms with Crippen LogP contribution < -0.4 is 16.8 Å². The second kappa shape index (κ2) is 5.35. The summed E-state index contributed by atoms with van der Waals surface area (Å²) in [4.78, 5) is 38.9. The quantitative estimate of drug-likeness (QED) is 0.754. The molecule has 23 heavy (non-hydrogen) atoms. The molecule has 1 aromatic carbocycles. The number of hydrogen-bond donors (Lipinski definition) is 1. The van der Waals surface area contributed by atoms with Crippen molar-refractivity contribution in [2.24, 2.45) is 14.1 Å². The smallest absolute Gasteiger partial charge is 0.307 e. The van der Waals surface area contributed by atoms with Crippen LogP contribution in [-0.4, -0.2) is 14.1 Å². The van der Waals surface area contributed by atoms with E-state index in [0.29, 0.717) is 5.56 Å². The summed E-state index contributed by atoms with van der Waals surface area (Å²) in [7, 11) is 2.84. The minimum absolute atomic E-state index is 0.0595. The van der Waals surface area contributed by atoms with Gasteiger partial charge in [-0.3, -0.25) is 18.7 Å². The summed E-state index contributed by atoms with van der Waals surface area (Å²) < 4.78 is 15.9. The Hall–Kier alpha value is -2.96. The average Bonchev–Trinajstić information content (AvgIpc) is 2.54. The van der Waals surface area contributed by atoms with E-state index in [-0.39, 0.29) is 23.0 Å². The van der Waals surface area contributed by atoms with Gasteiger partial charge in [0.15, 0.2) is 0 Å². The molecule has 3 rings (SSSR count). The maximum Gasteiger partial charge on any atom is 0.332 e. The number of aromatic amines is 1. The normalized spacial score (nSPS) is 11.1. The number of nitrogens with zero attached hydrogens (tertiary/aromatic N) is 2. The lowest BCUT2D eigenvalue weighted by molar-refractivity contribution is 0.613. The van der Waals surface area contributed by atoms with Gasteiger partial charge < -0.3 is 4.98 Å². The zero-order valence-electron chi connectivity index (χ0n) is 12.6. The van der Waals surface area contributed by atoms with Crippen molar-refractivity contribution in [1.82, 2.24) is 14.1 Å². The van der Waals surface area contributed by atoms with Gasteiger partial charge in [-0.25, -0.2) is 9.18 Å². The highest BCUT2D eigenvalue weighted by atomic mass is 19.1. The van der Waals surface area contributed by atoms with Gasteiger partial charge in [-0.05, 0) is 17.7 Å². The minimum Gasteiger partial charge on any atom is -0.307 e. The van der Waals surface area contributed by atoms with Crippen molar-refractivity contribution < 1.29 is 4.39 Å². The van der Waals surface area contributed by atoms with E-state index >= 15 is 0 Å². The van der Waals surface area contributed by atoms with E-state index < -0.39 is 22.6 Å². The van der Waals surface area contributed by atoms with Crippen LogP contribution in [0.15, 0.2) is 44.7 Å². The van der Waals surface area contributed by atoms with E-state index in [1.54, 1.807) is 18.2 Å². The van der Waals surface area contributed by atoms with Crippen LogP contribution in [0.5, 0.6) is 0 Å². The largest absolute Gasteiger partial charge is 0.332 e. The second-order valence-corrected chi connectivity index (χ2v) is 5.36. The third-order valence-corrected chi connectivity index (χ3v) is 3.88. The number of aryl methyl sites for hydroxylation is 1. The number of halogens is 1. The van der Waals surface area contributed by atoms with Crippen molar-refractivity contribution in [1.29, 1.82) is 0 Å². The van der Waals surface area contributed by atoms with Crippen molar-refractivity contribution in [2.45, 2.75) is 6.42 Å². The number of benzene rings is 1. The molecule has 1 N–H and O–H groups in total. The highest BCUT2D eigenvalue weighted by Gasteiger charge is 2.13. The van der Waals surface area contributed by atoms with Gasteiger partial charge in [-0.1, -0.05) is 18.2 Å². The van der Waals surface area contributed by atoms with Gasteiger partial charge in [0.2, 0.25) is 0 Å². The molecule has 2 heterocycles. The standard InChI is InChI=1S/C16H14FN3O3/c1-19-13-11(15(22)20(2)16(19)23)8-10(14(21)18-13)7-9-5-3-4-6-12(9)17/h3-6,8H,7H2,1-2H3,(H,18,21). The Kier molecular flexibility index (Phi) is 3.48. The molecule has 0 spiro atoms. The van der Waals surface area contributed by atoms with Crippen molar-refractivity contribution in [3.63, 3.8) is 0 Å². The Balaban J connectivity index is 2.27. The summed E-state index contributed by atoms with van der Waals surface area (Å²) in [6, 6.07) is 7.55. The number of H-pyrrole nitrogens is 1. The van der Waals surface area contributed by atoms with Gasteiger partial charge in [0, 0.05) is 26.1 Å². The molecule has 0 unspecified atom stereocenters. The number of aromatic nitrogens is 3. The van der Waals surface area contributed by atoms with Gasteiger partial charge in [-0.2, -0.15) is 0 Å². The Labute approximate surface area is 129 Å². The maximum atomic E-state index is 13.8. The van der Waals surface area contributed by atoms with E-state index in [1.165, 1.54) is 30.8 Å². The summed E-state index contributed by atoms with van der Waals surface area (Å²) >= 11 is 0. The molecule has 0 aliphatic carbocycles. The van der Waals surface area contributed by atoms with Crippen molar-refractivity contribution in [3.8, 4) is 0 Å². The Morgan fingerprint density at radius 3 is 2.43 bits per heavy atom. The molecule has 0 saturated carbocycles. The first-order valence-corrected chi connectivity index (χ1v) is 6.95. The van der Waals surface area contributed by atoms with Crippen molar-refractivity contribution >= 4 is 11.0 Å². The molecule has 118 valence electrons. The number of rotatable bonds is 2. The lowest BCUT2D eigenvalue weighted by Crippen LogP contribution is -2.38. The zero-order chi connectivity index (χ0) is 16.7. The Morgan fingerprint density at radius 1 is 1.04 bits per heavy atom. The molecule has 0 radical (unpaired) electrons. The summed E-state index contributed by atoms with van der Waals surface area (Å²) in [5.74, 6) is -0.416. The highest BCUT2D eigenvalue weighted by molar-refractivity contribution is 5.74. The molecule has 0 aliphatic rings. The molecule has 2 aromatic heterocycles. The van der Waals surface area contributed by atoms with Crippen molar-refractivity contribution in [2.75, 3.05) is 0 Å². The van der Waals surface area contributed by atoms with E-state index in [4.69, 9.17) is 0 Å². The molecule has 0 saturated heterocycles. The van der Waals surface area contributed by atoms with Crippen LogP contribution in [0, 0.1) is 5.82 Å². The summed E-state index contributed by atoms with van der Waals surface area (Å²) in [6.45, 7) is 0. The Morgan fingerprint density at radius 2 is 1.74 bits per heavy atom. The molecule has 3 aromatic rings. The van der Waals surface area contributed by atoms with Crippen LogP contribution in [0.1, 0.15) is 11.1 Å². The van der Waals surface area contributed by atoms with E-state index in [2.05, 4.69) is 4.98 Å². The molecule has 0 fully saturated rings. The van der Waals surface area contributed by atoms with Crippen LogP contribution in [0.2, 0.25) is 0 Å². The zero-order valence-corrected chi connectivity index (χ0v) is 12.6. The predicted molar refractivity (Wildman–Crippen MR) is 84.3 cm³/mol. The van der Waals surface area contributed by atoms with Crippen LogP contribution in [0.4, 0.5) is 4.39 Å². The van der Waals surface area contributed by atoms with Gasteiger partial charge in [0.25, 0.3) is 11.1 Å². The molecule has 0 bridgehead atoms. The number of fused-ring (bicyclic) bond motifs is 1. The minimum atomic E-state index is -0.528. The topological polar surface area (TPSA) is 76.9 Å². The lowest BCUT2D eigenvalue weighted by atomic mass is 10.1. The fourth-order valence-electron chi connectivity index (χ4n) is 2.56. The van der Waals surface area contributed by atoms with E-state index in [0.717, 1.165) is 4.57 Å². The molecule has 0 atom stereocenters.